The summed E-state index contributed by atoms with van der Waals surface area (Å²) in [5.41, 5.74) is 0. The number of carboxylic acids is 1. The van der Waals surface area contributed by atoms with Crippen molar-refractivity contribution in [3.05, 3.63) is 0 Å². The minimum Gasteiger partial charge on any atom is -0.480 e. The number of carbonyl (C=O) groups excluding carboxylic acids is 1. The number of amides is 1. The molecule has 0 spiro atoms. The summed E-state index contributed by atoms with van der Waals surface area (Å²) in [7, 11) is 0. The summed E-state index contributed by atoms with van der Waals surface area (Å²) in [6.07, 6.45) is 0. The highest BCUT2D eigenvalue weighted by atomic mass is 35.5. The van der Waals surface area contributed by atoms with Crippen molar-refractivity contribution in [2.24, 2.45) is 0 Å². The van der Waals surface area contributed by atoms with E-state index in [0.29, 0.717) is 184 Å². The van der Waals surface area contributed by atoms with E-state index in [0.717, 1.165) is 0 Å². The number of aliphatic carboxylic acids is 1. The fourth-order valence-electron chi connectivity index (χ4n) is 3.34. The molecule has 19 heteroatoms. The molecule has 0 atom stereocenters. The van der Waals surface area contributed by atoms with Crippen LogP contribution < -0.4 is 5.32 Å². The zero-order valence-corrected chi connectivity index (χ0v) is 30.8. The number of rotatable bonds is 45. The lowest BCUT2D eigenvalue weighted by atomic mass is 10.6. The highest BCUT2D eigenvalue weighted by Gasteiger charge is 2.03. The van der Waals surface area contributed by atoms with Gasteiger partial charge in [0.1, 0.15) is 13.2 Å². The topological polar surface area (TPSA) is 196 Å². The molecule has 0 rings (SSSR count). The van der Waals surface area contributed by atoms with Crippen LogP contribution in [0.1, 0.15) is 0 Å². The molecule has 51 heavy (non-hydrogen) atoms. The minimum absolute atomic E-state index is 0.298. The Labute approximate surface area is 307 Å². The van der Waals surface area contributed by atoms with Crippen molar-refractivity contribution < 1.29 is 81.0 Å². The van der Waals surface area contributed by atoms with E-state index in [1.165, 1.54) is 0 Å². The van der Waals surface area contributed by atoms with Gasteiger partial charge in [0.15, 0.2) is 0 Å². The van der Waals surface area contributed by atoms with Crippen LogP contribution in [0.5, 0.6) is 0 Å². The number of ether oxygens (including phenoxy) is 14. The van der Waals surface area contributed by atoms with Crippen LogP contribution in [0, 0.1) is 0 Å². The third-order valence-corrected chi connectivity index (χ3v) is 5.87. The Kier molecular flexibility index (Phi) is 43.7. The molecule has 0 saturated heterocycles. The quantitative estimate of drug-likeness (QED) is 0.0603. The van der Waals surface area contributed by atoms with Crippen molar-refractivity contribution in [3.63, 3.8) is 0 Å². The first-order chi connectivity index (χ1) is 25.2. The van der Waals surface area contributed by atoms with Gasteiger partial charge < -0.3 is 76.7 Å². The lowest BCUT2D eigenvalue weighted by Gasteiger charge is -2.09. The van der Waals surface area contributed by atoms with Crippen molar-refractivity contribution in [2.45, 2.75) is 0 Å². The van der Waals surface area contributed by atoms with E-state index >= 15 is 0 Å². The van der Waals surface area contributed by atoms with E-state index in [2.05, 4.69) is 10.1 Å². The van der Waals surface area contributed by atoms with Crippen LogP contribution in [0.3, 0.4) is 0 Å². The molecule has 0 aliphatic carbocycles. The van der Waals surface area contributed by atoms with Gasteiger partial charge in [-0.15, -0.1) is 11.6 Å². The number of nitrogens with one attached hydrogen (secondary N) is 1. The molecule has 0 aromatic heterocycles. The zero-order valence-electron chi connectivity index (χ0n) is 30.1. The molecule has 0 aromatic carbocycles. The summed E-state index contributed by atoms with van der Waals surface area (Å²) in [5, 5.41) is 11.0. The Morgan fingerprint density at radius 1 is 0.353 bits per heavy atom. The first-order valence-electron chi connectivity index (χ1n) is 17.3. The van der Waals surface area contributed by atoms with Gasteiger partial charge >= 0.3 is 5.97 Å². The Balaban J connectivity index is 3.08. The smallest absolute Gasteiger partial charge is 0.329 e. The maximum absolute atomic E-state index is 11.4. The van der Waals surface area contributed by atoms with E-state index < -0.39 is 18.5 Å². The molecule has 0 aromatic rings. The van der Waals surface area contributed by atoms with Gasteiger partial charge in [0.05, 0.1) is 172 Å². The Morgan fingerprint density at radius 2 is 0.588 bits per heavy atom. The molecular formula is C32H62ClNO17. The van der Waals surface area contributed by atoms with Crippen LogP contribution in [-0.4, -0.2) is 214 Å². The van der Waals surface area contributed by atoms with Crippen molar-refractivity contribution in [2.75, 3.05) is 197 Å². The number of carbonyl (C=O) groups is 2. The third kappa shape index (κ3) is 46.6. The molecule has 18 nitrogen and oxygen atoms in total. The molecule has 304 valence electrons. The van der Waals surface area contributed by atoms with E-state index in [9.17, 15) is 9.59 Å². The van der Waals surface area contributed by atoms with Crippen LogP contribution in [0.2, 0.25) is 0 Å². The average molecular weight is 768 g/mol. The van der Waals surface area contributed by atoms with Crippen LogP contribution >= 0.6 is 11.6 Å². The van der Waals surface area contributed by atoms with Gasteiger partial charge in [0.25, 0.3) is 0 Å². The Morgan fingerprint density at radius 3 is 0.824 bits per heavy atom. The van der Waals surface area contributed by atoms with Crippen molar-refractivity contribution in [3.8, 4) is 0 Å². The van der Waals surface area contributed by atoms with E-state index in [1.54, 1.807) is 0 Å². The molecule has 1 amide bonds. The van der Waals surface area contributed by atoms with Crippen LogP contribution in [-0.2, 0) is 75.9 Å². The van der Waals surface area contributed by atoms with E-state index in [-0.39, 0.29) is 6.61 Å². The summed E-state index contributed by atoms with van der Waals surface area (Å²) in [6, 6.07) is 0. The molecule has 0 saturated carbocycles. The van der Waals surface area contributed by atoms with Gasteiger partial charge in [0.2, 0.25) is 5.91 Å². The SMILES string of the molecule is O=C(O)COCC(=O)NCCOCCOCCOCCOCCOCCOCCOCCOCCOCCOCCOCCOCCOCCCl. The molecule has 0 unspecified atom stereocenters. The standard InChI is InChI=1S/C32H62ClNO17/c33-1-3-38-5-7-40-9-11-42-13-15-44-17-19-46-21-23-48-25-27-50-28-26-49-24-22-47-20-18-45-16-14-43-12-10-41-8-6-39-4-2-34-31(35)29-51-30-32(36)37/h1-30H2,(H,34,35)(H,36,37). The van der Waals surface area contributed by atoms with Crippen LogP contribution in [0.25, 0.3) is 0 Å². The van der Waals surface area contributed by atoms with E-state index in [4.69, 9.17) is 78.3 Å². The summed E-state index contributed by atoms with van der Waals surface area (Å²) in [6.45, 7) is 11.8. The summed E-state index contributed by atoms with van der Waals surface area (Å²) in [5.74, 6) is -1.04. The molecule has 0 aliphatic heterocycles. The number of carboxylic acid groups (broad SMARTS) is 1. The molecule has 0 bridgehead atoms. The van der Waals surface area contributed by atoms with Gasteiger partial charge in [-0.1, -0.05) is 0 Å². The largest absolute Gasteiger partial charge is 0.480 e. The first-order valence-corrected chi connectivity index (χ1v) is 17.8. The first kappa shape index (κ1) is 49.7. The second-order valence-corrected chi connectivity index (χ2v) is 10.3. The molecular weight excluding hydrogens is 706 g/mol. The Hall–Kier alpha value is -1.33. The maximum Gasteiger partial charge on any atom is 0.329 e. The number of halogens is 1. The van der Waals surface area contributed by atoms with Crippen molar-refractivity contribution in [1.29, 1.82) is 0 Å². The third-order valence-electron chi connectivity index (χ3n) is 5.71. The van der Waals surface area contributed by atoms with Gasteiger partial charge in [0, 0.05) is 12.4 Å². The van der Waals surface area contributed by atoms with E-state index in [1.807, 2.05) is 0 Å². The normalized spacial score (nSPS) is 11.4. The predicted octanol–water partition coefficient (Wildman–Crippen LogP) is -0.342. The molecule has 0 heterocycles. The van der Waals surface area contributed by atoms with Gasteiger partial charge in [-0.05, 0) is 0 Å². The monoisotopic (exact) mass is 767 g/mol. The highest BCUT2D eigenvalue weighted by Crippen LogP contribution is 1.88. The fraction of sp³-hybridized carbons (Fsp3) is 0.938. The highest BCUT2D eigenvalue weighted by molar-refractivity contribution is 6.17. The second kappa shape index (κ2) is 44.8. The second-order valence-electron chi connectivity index (χ2n) is 9.89. The van der Waals surface area contributed by atoms with Crippen LogP contribution in [0.4, 0.5) is 0 Å². The fourth-order valence-corrected chi connectivity index (χ4v) is 3.45. The lowest BCUT2D eigenvalue weighted by molar-refractivity contribution is -0.143. The van der Waals surface area contributed by atoms with Crippen molar-refractivity contribution in [1.82, 2.24) is 5.32 Å². The number of hydrogen-bond acceptors (Lipinski definition) is 16. The summed E-state index contributed by atoms with van der Waals surface area (Å²) in [4.78, 5) is 21.7. The minimum atomic E-state index is -1.13. The zero-order chi connectivity index (χ0) is 37.0. The number of alkyl halides is 1. The molecule has 0 aliphatic rings. The maximum atomic E-state index is 11.4. The summed E-state index contributed by atoms with van der Waals surface area (Å²) >= 11 is 5.51. The Bertz CT molecular complexity index is 717. The van der Waals surface area contributed by atoms with Gasteiger partial charge in [-0.25, -0.2) is 4.79 Å². The molecule has 0 radical (unpaired) electrons. The predicted molar refractivity (Wildman–Crippen MR) is 183 cm³/mol. The lowest BCUT2D eigenvalue weighted by Crippen LogP contribution is -2.31. The number of hydrogen-bond donors (Lipinski definition) is 2. The van der Waals surface area contributed by atoms with Gasteiger partial charge in [-0.3, -0.25) is 4.79 Å². The molecule has 0 fully saturated rings. The molecule has 2 N–H and O–H groups in total. The van der Waals surface area contributed by atoms with Crippen molar-refractivity contribution >= 4 is 23.5 Å². The summed E-state index contributed by atoms with van der Waals surface area (Å²) < 4.78 is 75.0. The average Bonchev–Trinajstić information content (AvgIpc) is 3.12. The van der Waals surface area contributed by atoms with Gasteiger partial charge in [-0.2, -0.15) is 0 Å². The van der Waals surface area contributed by atoms with Crippen LogP contribution in [0.15, 0.2) is 0 Å².